The Balaban J connectivity index is 1.66. The van der Waals surface area contributed by atoms with Gasteiger partial charge in [0.25, 0.3) is 0 Å². The molecule has 9 heteroatoms. The van der Waals surface area contributed by atoms with Crippen LogP contribution in [-0.4, -0.2) is 49.7 Å². The van der Waals surface area contributed by atoms with Crippen molar-refractivity contribution < 1.29 is 22.4 Å². The molecule has 1 saturated carbocycles. The first-order chi connectivity index (χ1) is 13.7. The molecule has 1 aromatic rings. The van der Waals surface area contributed by atoms with Crippen LogP contribution in [0.25, 0.3) is 0 Å². The molecule has 0 spiro atoms. The number of carbonyl (C=O) groups is 2. The zero-order valence-electron chi connectivity index (χ0n) is 16.7. The van der Waals surface area contributed by atoms with Crippen molar-refractivity contribution in [2.45, 2.75) is 56.5 Å². The van der Waals surface area contributed by atoms with Gasteiger partial charge in [-0.05, 0) is 55.9 Å². The minimum absolute atomic E-state index is 0.00354. The lowest BCUT2D eigenvalue weighted by molar-refractivity contribution is -0.132. The van der Waals surface area contributed by atoms with Gasteiger partial charge in [0.1, 0.15) is 11.9 Å². The van der Waals surface area contributed by atoms with Crippen molar-refractivity contribution in [3.8, 4) is 0 Å². The molecule has 1 heterocycles. The Morgan fingerprint density at radius 2 is 1.79 bits per heavy atom. The Labute approximate surface area is 171 Å². The van der Waals surface area contributed by atoms with E-state index in [1.165, 1.54) is 16.4 Å². The van der Waals surface area contributed by atoms with E-state index in [2.05, 4.69) is 10.6 Å². The van der Waals surface area contributed by atoms with Crippen LogP contribution < -0.4 is 10.6 Å². The van der Waals surface area contributed by atoms with E-state index in [0.717, 1.165) is 25.0 Å². The number of hydrogen-bond donors (Lipinski definition) is 2. The zero-order valence-corrected chi connectivity index (χ0v) is 17.5. The molecule has 0 radical (unpaired) electrons. The first-order valence-corrected chi connectivity index (χ1v) is 11.5. The number of hydrogen-bond acceptors (Lipinski definition) is 4. The minimum atomic E-state index is -3.81. The van der Waals surface area contributed by atoms with Crippen LogP contribution in [0.4, 0.5) is 4.39 Å². The van der Waals surface area contributed by atoms with Gasteiger partial charge in [-0.3, -0.25) is 9.59 Å². The Bertz CT molecular complexity index is 853. The average molecular weight is 426 g/mol. The molecule has 0 unspecified atom stereocenters. The largest absolute Gasteiger partial charge is 0.352 e. The summed E-state index contributed by atoms with van der Waals surface area (Å²) in [5, 5.41) is 5.73. The van der Waals surface area contributed by atoms with Gasteiger partial charge in [0.2, 0.25) is 21.8 Å². The van der Waals surface area contributed by atoms with Crippen LogP contribution in [0.1, 0.15) is 39.5 Å². The van der Waals surface area contributed by atoms with Gasteiger partial charge in [0.15, 0.2) is 0 Å². The molecular formula is C20H28FN3O4S. The molecule has 1 aliphatic heterocycles. The van der Waals surface area contributed by atoms with Crippen LogP contribution in [0.2, 0.25) is 0 Å². The lowest BCUT2D eigenvalue weighted by Crippen LogP contribution is -2.53. The predicted octanol–water partition coefficient (Wildman–Crippen LogP) is 1.65. The Kier molecular flexibility index (Phi) is 6.58. The van der Waals surface area contributed by atoms with Crippen LogP contribution in [-0.2, 0) is 19.6 Å². The Morgan fingerprint density at radius 3 is 2.38 bits per heavy atom. The van der Waals surface area contributed by atoms with E-state index in [0.29, 0.717) is 19.4 Å². The number of halogens is 1. The number of nitrogens with zero attached hydrogens (tertiary/aromatic N) is 1. The van der Waals surface area contributed by atoms with E-state index in [-0.39, 0.29) is 35.2 Å². The van der Waals surface area contributed by atoms with Gasteiger partial charge in [-0.25, -0.2) is 12.8 Å². The highest BCUT2D eigenvalue weighted by Gasteiger charge is 2.36. The van der Waals surface area contributed by atoms with Crippen molar-refractivity contribution in [3.63, 3.8) is 0 Å². The van der Waals surface area contributed by atoms with Gasteiger partial charge < -0.3 is 10.6 Å². The van der Waals surface area contributed by atoms with Crippen molar-refractivity contribution in [3.05, 3.63) is 30.1 Å². The summed E-state index contributed by atoms with van der Waals surface area (Å²) in [6.45, 7) is 4.08. The third-order valence-electron chi connectivity index (χ3n) is 5.38. The highest BCUT2D eigenvalue weighted by molar-refractivity contribution is 7.89. The summed E-state index contributed by atoms with van der Waals surface area (Å²) in [6.07, 6.45) is 3.02. The fourth-order valence-corrected chi connectivity index (χ4v) is 4.98. The topological polar surface area (TPSA) is 95.6 Å². The maximum Gasteiger partial charge on any atom is 0.243 e. The maximum absolute atomic E-state index is 13.1. The van der Waals surface area contributed by atoms with E-state index < -0.39 is 27.8 Å². The number of rotatable bonds is 7. The minimum Gasteiger partial charge on any atom is -0.352 e. The van der Waals surface area contributed by atoms with E-state index >= 15 is 0 Å². The molecule has 2 fully saturated rings. The van der Waals surface area contributed by atoms with Gasteiger partial charge >= 0.3 is 0 Å². The molecule has 0 bridgehead atoms. The molecular weight excluding hydrogens is 397 g/mol. The maximum atomic E-state index is 13.1. The van der Waals surface area contributed by atoms with Crippen LogP contribution in [0.3, 0.4) is 0 Å². The molecule has 1 saturated heterocycles. The summed E-state index contributed by atoms with van der Waals surface area (Å²) >= 11 is 0. The first-order valence-electron chi connectivity index (χ1n) is 10.0. The molecule has 160 valence electrons. The highest BCUT2D eigenvalue weighted by atomic mass is 32.2. The SMILES string of the molecule is CC(C)[C@H](NC(=O)[C@H]1CCCN(S(=O)(=O)c2ccc(F)cc2)C1)C(=O)NC1CC1. The van der Waals surface area contributed by atoms with Crippen LogP contribution in [0.5, 0.6) is 0 Å². The van der Waals surface area contributed by atoms with Crippen molar-refractivity contribution in [1.29, 1.82) is 0 Å². The van der Waals surface area contributed by atoms with E-state index in [9.17, 15) is 22.4 Å². The fourth-order valence-electron chi connectivity index (χ4n) is 3.46. The summed E-state index contributed by atoms with van der Waals surface area (Å²) in [5.41, 5.74) is 0. The van der Waals surface area contributed by atoms with E-state index in [1.807, 2.05) is 13.8 Å². The zero-order chi connectivity index (χ0) is 21.2. The highest BCUT2D eigenvalue weighted by Crippen LogP contribution is 2.25. The summed E-state index contributed by atoms with van der Waals surface area (Å²) in [4.78, 5) is 25.2. The monoisotopic (exact) mass is 425 g/mol. The molecule has 0 aromatic heterocycles. The molecule has 29 heavy (non-hydrogen) atoms. The molecule has 2 N–H and O–H groups in total. The molecule has 2 aliphatic rings. The van der Waals surface area contributed by atoms with Crippen LogP contribution in [0.15, 0.2) is 29.2 Å². The lowest BCUT2D eigenvalue weighted by Gasteiger charge is -2.32. The molecule has 7 nitrogen and oxygen atoms in total. The van der Waals surface area contributed by atoms with E-state index in [1.54, 1.807) is 0 Å². The predicted molar refractivity (Wildman–Crippen MR) is 106 cm³/mol. The fraction of sp³-hybridized carbons (Fsp3) is 0.600. The summed E-state index contributed by atoms with van der Waals surface area (Å²) in [7, 11) is -3.81. The van der Waals surface area contributed by atoms with Crippen molar-refractivity contribution in [2.24, 2.45) is 11.8 Å². The normalized spacial score (nSPS) is 21.6. The second-order valence-corrected chi connectivity index (χ2v) is 10.1. The lowest BCUT2D eigenvalue weighted by atomic mass is 9.96. The molecule has 2 amide bonds. The molecule has 1 aliphatic carbocycles. The smallest absolute Gasteiger partial charge is 0.243 e. The van der Waals surface area contributed by atoms with Crippen LogP contribution in [0, 0.1) is 17.7 Å². The number of carbonyl (C=O) groups excluding carboxylic acids is 2. The van der Waals surface area contributed by atoms with Crippen molar-refractivity contribution >= 4 is 21.8 Å². The number of piperidine rings is 1. The van der Waals surface area contributed by atoms with Crippen molar-refractivity contribution in [2.75, 3.05) is 13.1 Å². The molecule has 1 aromatic carbocycles. The number of nitrogens with one attached hydrogen (secondary N) is 2. The second kappa shape index (κ2) is 8.79. The molecule has 3 rings (SSSR count). The summed E-state index contributed by atoms with van der Waals surface area (Å²) < 4.78 is 40.1. The number of benzene rings is 1. The van der Waals surface area contributed by atoms with Crippen molar-refractivity contribution in [1.82, 2.24) is 14.9 Å². The number of sulfonamides is 1. The first kappa shape index (κ1) is 21.7. The van der Waals surface area contributed by atoms with Gasteiger partial charge in [-0.1, -0.05) is 13.8 Å². The van der Waals surface area contributed by atoms with Gasteiger partial charge in [0, 0.05) is 19.1 Å². The third-order valence-corrected chi connectivity index (χ3v) is 7.26. The quantitative estimate of drug-likeness (QED) is 0.694. The van der Waals surface area contributed by atoms with Gasteiger partial charge in [-0.2, -0.15) is 4.31 Å². The summed E-state index contributed by atoms with van der Waals surface area (Å²) in [5.74, 6) is -1.63. The van der Waals surface area contributed by atoms with Gasteiger partial charge in [-0.15, -0.1) is 0 Å². The second-order valence-electron chi connectivity index (χ2n) is 8.17. The van der Waals surface area contributed by atoms with Gasteiger partial charge in [0.05, 0.1) is 10.8 Å². The Hall–Kier alpha value is -2.00. The Morgan fingerprint density at radius 1 is 1.14 bits per heavy atom. The van der Waals surface area contributed by atoms with E-state index in [4.69, 9.17) is 0 Å². The van der Waals surface area contributed by atoms with Crippen LogP contribution >= 0.6 is 0 Å². The summed E-state index contributed by atoms with van der Waals surface area (Å²) in [6, 6.07) is 4.22. The molecule has 2 atom stereocenters. The average Bonchev–Trinajstić information content (AvgIpc) is 3.50. The standard InChI is InChI=1S/C20H28FN3O4S/c1-13(2)18(20(26)22-16-7-8-16)23-19(25)14-4-3-11-24(12-14)29(27,28)17-9-5-15(21)6-10-17/h5-6,9-10,13-14,16,18H,3-4,7-8,11-12H2,1-2H3,(H,22,26)(H,23,25)/t14-,18-/m0/s1. The third kappa shape index (κ3) is 5.33. The number of amides is 2.